The maximum Gasteiger partial charge on any atom is 0.416 e. The zero-order valence-corrected chi connectivity index (χ0v) is 10.7. The van der Waals surface area contributed by atoms with Gasteiger partial charge in [-0.25, -0.2) is 4.79 Å². The highest BCUT2D eigenvalue weighted by Crippen LogP contribution is 2.33. The summed E-state index contributed by atoms with van der Waals surface area (Å²) in [6.45, 7) is -0.560. The average Bonchev–Trinajstić information content (AvgIpc) is 2.33. The maximum absolute atomic E-state index is 12.5. The van der Waals surface area contributed by atoms with Crippen molar-refractivity contribution in [3.63, 3.8) is 0 Å². The molecule has 0 aliphatic heterocycles. The third kappa shape index (κ3) is 4.83. The molecular weight excluding hydrogens is 304 g/mol. The number of aromatic carboxylic acids is 1. The Morgan fingerprint density at radius 2 is 1.76 bits per heavy atom. The third-order valence-electron chi connectivity index (χ3n) is 2.70. The molecule has 1 aromatic carbocycles. The van der Waals surface area contributed by atoms with E-state index in [9.17, 15) is 31.1 Å². The minimum Gasteiger partial charge on any atom is -0.478 e. The van der Waals surface area contributed by atoms with Crippen LogP contribution in [0, 0.1) is 0 Å². The summed E-state index contributed by atoms with van der Waals surface area (Å²) in [6.07, 6.45) is -10.4. The molecule has 0 aliphatic rings. The Hall–Kier alpha value is -1.93. The lowest BCUT2D eigenvalue weighted by molar-refractivity contribution is -0.137. The molecule has 1 N–H and O–H groups in total. The van der Waals surface area contributed by atoms with Crippen molar-refractivity contribution in [3.8, 4) is 0 Å². The molecule has 21 heavy (non-hydrogen) atoms. The standard InChI is InChI=1S/C12H11F6NO2/c1-19(5-4-11(13,14)15)9-3-2-7(12(16,17)18)6-8(9)10(20)21/h2-3,6H,4-5H2,1H3,(H,20,21). The molecule has 0 heterocycles. The Morgan fingerprint density at radius 3 is 2.19 bits per heavy atom. The largest absolute Gasteiger partial charge is 0.478 e. The van der Waals surface area contributed by atoms with Crippen molar-refractivity contribution in [1.29, 1.82) is 0 Å². The van der Waals surface area contributed by atoms with Crippen LogP contribution < -0.4 is 4.90 Å². The Kier molecular flexibility index (Phi) is 4.75. The first-order chi connectivity index (χ1) is 9.42. The molecular formula is C12H11F6NO2. The van der Waals surface area contributed by atoms with Crippen LogP contribution in [0.2, 0.25) is 0 Å². The molecule has 0 aromatic heterocycles. The number of carboxylic acid groups (broad SMARTS) is 1. The van der Waals surface area contributed by atoms with Gasteiger partial charge in [-0.15, -0.1) is 0 Å². The molecule has 0 amide bonds. The first kappa shape index (κ1) is 17.1. The van der Waals surface area contributed by atoms with E-state index in [1.54, 1.807) is 0 Å². The van der Waals surface area contributed by atoms with E-state index in [1.807, 2.05) is 0 Å². The van der Waals surface area contributed by atoms with E-state index in [-0.39, 0.29) is 5.69 Å². The van der Waals surface area contributed by atoms with Gasteiger partial charge in [-0.05, 0) is 18.2 Å². The monoisotopic (exact) mass is 315 g/mol. The molecule has 0 fully saturated rings. The highest BCUT2D eigenvalue weighted by molar-refractivity contribution is 5.94. The van der Waals surface area contributed by atoms with Crippen molar-refractivity contribution in [2.24, 2.45) is 0 Å². The maximum atomic E-state index is 12.5. The van der Waals surface area contributed by atoms with Gasteiger partial charge in [0.1, 0.15) is 0 Å². The van der Waals surface area contributed by atoms with Gasteiger partial charge in [0.15, 0.2) is 0 Å². The van der Waals surface area contributed by atoms with Gasteiger partial charge in [0, 0.05) is 13.6 Å². The van der Waals surface area contributed by atoms with Crippen LogP contribution in [0.25, 0.3) is 0 Å². The van der Waals surface area contributed by atoms with Crippen molar-refractivity contribution in [1.82, 2.24) is 0 Å². The summed E-state index contributed by atoms with van der Waals surface area (Å²) < 4.78 is 73.9. The minimum atomic E-state index is -4.73. The average molecular weight is 315 g/mol. The van der Waals surface area contributed by atoms with Crippen LogP contribution in [0.1, 0.15) is 22.3 Å². The van der Waals surface area contributed by atoms with Crippen molar-refractivity contribution in [2.45, 2.75) is 18.8 Å². The molecule has 1 rings (SSSR count). The van der Waals surface area contributed by atoms with Crippen LogP contribution in [-0.2, 0) is 6.18 Å². The lowest BCUT2D eigenvalue weighted by Gasteiger charge is -2.22. The van der Waals surface area contributed by atoms with E-state index in [4.69, 9.17) is 5.11 Å². The Bertz CT molecular complexity index is 523. The first-order valence-corrected chi connectivity index (χ1v) is 5.64. The smallest absolute Gasteiger partial charge is 0.416 e. The Balaban J connectivity index is 3.09. The molecule has 0 aliphatic carbocycles. The van der Waals surface area contributed by atoms with E-state index in [0.29, 0.717) is 12.1 Å². The van der Waals surface area contributed by atoms with Gasteiger partial charge in [0.25, 0.3) is 0 Å². The normalized spacial score (nSPS) is 12.3. The predicted molar refractivity (Wildman–Crippen MR) is 62.3 cm³/mol. The number of hydrogen-bond donors (Lipinski definition) is 1. The highest BCUT2D eigenvalue weighted by atomic mass is 19.4. The number of nitrogens with zero attached hydrogens (tertiary/aromatic N) is 1. The zero-order valence-electron chi connectivity index (χ0n) is 10.7. The number of anilines is 1. The van der Waals surface area contributed by atoms with Crippen LogP contribution in [-0.4, -0.2) is 30.8 Å². The SMILES string of the molecule is CN(CCC(F)(F)F)c1ccc(C(F)(F)F)cc1C(=O)O. The number of alkyl halides is 6. The van der Waals surface area contributed by atoms with Gasteiger partial charge < -0.3 is 10.0 Å². The molecule has 0 spiro atoms. The van der Waals surface area contributed by atoms with Crippen LogP contribution in [0.15, 0.2) is 18.2 Å². The van der Waals surface area contributed by atoms with Crippen LogP contribution >= 0.6 is 0 Å². The summed E-state index contributed by atoms with van der Waals surface area (Å²) >= 11 is 0. The molecule has 0 saturated heterocycles. The fourth-order valence-electron chi connectivity index (χ4n) is 1.63. The molecule has 0 bridgehead atoms. The van der Waals surface area contributed by atoms with E-state index >= 15 is 0 Å². The molecule has 0 atom stereocenters. The van der Waals surface area contributed by atoms with Gasteiger partial charge >= 0.3 is 18.3 Å². The molecule has 0 saturated carbocycles. The van der Waals surface area contributed by atoms with Crippen molar-refractivity contribution in [3.05, 3.63) is 29.3 Å². The van der Waals surface area contributed by atoms with Crippen molar-refractivity contribution in [2.75, 3.05) is 18.5 Å². The highest BCUT2D eigenvalue weighted by Gasteiger charge is 2.32. The number of hydrogen-bond acceptors (Lipinski definition) is 2. The Morgan fingerprint density at radius 1 is 1.19 bits per heavy atom. The fourth-order valence-corrected chi connectivity index (χ4v) is 1.63. The minimum absolute atomic E-state index is 0.209. The summed E-state index contributed by atoms with van der Waals surface area (Å²) in [5.41, 5.74) is -2.08. The summed E-state index contributed by atoms with van der Waals surface area (Å²) in [5, 5.41) is 8.92. The number of benzene rings is 1. The van der Waals surface area contributed by atoms with Crippen LogP contribution in [0.3, 0.4) is 0 Å². The van der Waals surface area contributed by atoms with Crippen molar-refractivity contribution < 1.29 is 36.2 Å². The second kappa shape index (κ2) is 5.82. The number of rotatable bonds is 4. The van der Waals surface area contributed by atoms with Gasteiger partial charge in [-0.2, -0.15) is 26.3 Å². The fraction of sp³-hybridized carbons (Fsp3) is 0.417. The molecule has 1 aromatic rings. The van der Waals surface area contributed by atoms with E-state index < -0.39 is 42.4 Å². The first-order valence-electron chi connectivity index (χ1n) is 5.64. The molecule has 118 valence electrons. The second-order valence-electron chi connectivity index (χ2n) is 4.32. The predicted octanol–water partition coefficient (Wildman–Crippen LogP) is 3.79. The van der Waals surface area contributed by atoms with Crippen molar-refractivity contribution >= 4 is 11.7 Å². The van der Waals surface area contributed by atoms with Crippen LogP contribution in [0.4, 0.5) is 32.0 Å². The summed E-state index contributed by atoms with van der Waals surface area (Å²) in [4.78, 5) is 11.9. The number of halogens is 6. The van der Waals surface area contributed by atoms with E-state index in [2.05, 4.69) is 0 Å². The van der Waals surface area contributed by atoms with E-state index in [1.165, 1.54) is 7.05 Å². The lowest BCUT2D eigenvalue weighted by atomic mass is 10.1. The number of carboxylic acids is 1. The quantitative estimate of drug-likeness (QED) is 0.859. The summed E-state index contributed by atoms with van der Waals surface area (Å²) in [7, 11) is 1.18. The lowest BCUT2D eigenvalue weighted by Crippen LogP contribution is -2.26. The van der Waals surface area contributed by atoms with E-state index in [0.717, 1.165) is 11.0 Å². The summed E-state index contributed by atoms with van der Waals surface area (Å²) in [5.74, 6) is -1.64. The van der Waals surface area contributed by atoms with Gasteiger partial charge in [-0.1, -0.05) is 0 Å². The molecule has 9 heteroatoms. The van der Waals surface area contributed by atoms with Gasteiger partial charge in [-0.3, -0.25) is 0 Å². The third-order valence-corrected chi connectivity index (χ3v) is 2.70. The topological polar surface area (TPSA) is 40.5 Å². The zero-order chi connectivity index (χ0) is 16.4. The summed E-state index contributed by atoms with van der Waals surface area (Å²) in [6, 6.07) is 1.89. The number of carbonyl (C=O) groups is 1. The van der Waals surface area contributed by atoms with Gasteiger partial charge in [0.2, 0.25) is 0 Å². The second-order valence-corrected chi connectivity index (χ2v) is 4.32. The Labute approximate surface area is 115 Å². The van der Waals surface area contributed by atoms with Gasteiger partial charge in [0.05, 0.1) is 23.2 Å². The molecule has 0 radical (unpaired) electrons. The molecule has 3 nitrogen and oxygen atoms in total. The molecule has 0 unspecified atom stereocenters. The van der Waals surface area contributed by atoms with Crippen LogP contribution in [0.5, 0.6) is 0 Å².